The van der Waals surface area contributed by atoms with E-state index in [9.17, 15) is 9.59 Å². The Hall–Kier alpha value is -0.980. The molecule has 0 aliphatic heterocycles. The third kappa shape index (κ3) is 8.79. The Labute approximate surface area is 102 Å². The van der Waals surface area contributed by atoms with Gasteiger partial charge in [0.2, 0.25) is 5.91 Å². The molecule has 0 rings (SSSR count). The van der Waals surface area contributed by atoms with Gasteiger partial charge in [0.25, 0.3) is 0 Å². The molecule has 1 amide bonds. The number of Topliss-reactive ketones (excluding diaryl/α,β-unsaturated/α-hetero) is 1. The Morgan fingerprint density at radius 1 is 1.00 bits per heavy atom. The quantitative estimate of drug-likeness (QED) is 0.531. The van der Waals surface area contributed by atoms with Crippen LogP contribution in [0.2, 0.25) is 0 Å². The molecule has 0 aromatic carbocycles. The maximum Gasteiger partial charge on any atom is 0.248 e. The fourth-order valence-corrected chi connectivity index (χ4v) is 1.14. The third-order valence-electron chi connectivity index (χ3n) is 2.01. The van der Waals surface area contributed by atoms with Crippen molar-refractivity contribution in [1.29, 1.82) is 0 Å². The second-order valence-electron chi connectivity index (χ2n) is 3.56. The minimum absolute atomic E-state index is 0.0336. The van der Waals surface area contributed by atoms with Crippen molar-refractivity contribution >= 4 is 11.7 Å². The number of ketones is 1. The first-order valence-electron chi connectivity index (χ1n) is 5.44. The molecule has 6 nitrogen and oxygen atoms in total. The second-order valence-corrected chi connectivity index (χ2v) is 3.56. The van der Waals surface area contributed by atoms with E-state index in [-0.39, 0.29) is 24.9 Å². The van der Waals surface area contributed by atoms with Gasteiger partial charge in [0, 0.05) is 27.3 Å². The smallest absolute Gasteiger partial charge is 0.248 e. The van der Waals surface area contributed by atoms with E-state index in [0.29, 0.717) is 26.3 Å². The Kier molecular flexibility index (Phi) is 9.60. The normalized spacial score (nSPS) is 10.3. The molecule has 0 bridgehead atoms. The highest BCUT2D eigenvalue weighted by Crippen LogP contribution is 1.92. The zero-order valence-electron chi connectivity index (χ0n) is 10.7. The van der Waals surface area contributed by atoms with Crippen LogP contribution in [0, 0.1) is 0 Å². The van der Waals surface area contributed by atoms with Gasteiger partial charge in [0.05, 0.1) is 13.2 Å². The molecule has 0 saturated heterocycles. The van der Waals surface area contributed by atoms with Crippen molar-refractivity contribution in [1.82, 2.24) is 4.90 Å². The van der Waals surface area contributed by atoms with Crippen LogP contribution in [0.3, 0.4) is 0 Å². The monoisotopic (exact) mass is 247 g/mol. The summed E-state index contributed by atoms with van der Waals surface area (Å²) in [5, 5.41) is 0. The number of rotatable bonds is 10. The van der Waals surface area contributed by atoms with Gasteiger partial charge in [-0.25, -0.2) is 0 Å². The maximum absolute atomic E-state index is 11.7. The molecule has 6 heteroatoms. The molecule has 0 aromatic heterocycles. The molecule has 0 aromatic rings. The highest BCUT2D eigenvalue weighted by Gasteiger charge is 2.13. The Morgan fingerprint density at radius 3 is 1.94 bits per heavy atom. The highest BCUT2D eigenvalue weighted by molar-refractivity contribution is 5.79. The molecule has 0 fully saturated rings. The van der Waals surface area contributed by atoms with Crippen molar-refractivity contribution in [3.05, 3.63) is 0 Å². The van der Waals surface area contributed by atoms with E-state index >= 15 is 0 Å². The van der Waals surface area contributed by atoms with Crippen LogP contribution in [0.4, 0.5) is 0 Å². The first-order valence-corrected chi connectivity index (χ1v) is 5.44. The summed E-state index contributed by atoms with van der Waals surface area (Å²) in [6, 6.07) is 0. The molecule has 0 spiro atoms. The number of hydrogen-bond acceptors (Lipinski definition) is 5. The molecule has 0 N–H and O–H groups in total. The summed E-state index contributed by atoms with van der Waals surface area (Å²) in [4.78, 5) is 24.0. The van der Waals surface area contributed by atoms with Crippen molar-refractivity contribution in [3.8, 4) is 0 Å². The average Bonchev–Trinajstić information content (AvgIpc) is 2.28. The van der Waals surface area contributed by atoms with Gasteiger partial charge in [-0.05, 0) is 6.92 Å². The molecule has 100 valence electrons. The van der Waals surface area contributed by atoms with Gasteiger partial charge in [0.1, 0.15) is 13.2 Å². The molecule has 0 atom stereocenters. The number of methoxy groups -OCH3 is 2. The highest BCUT2D eigenvalue weighted by atomic mass is 16.5. The number of ether oxygens (including phenoxy) is 3. The molecule has 0 radical (unpaired) electrons. The second kappa shape index (κ2) is 10.2. The predicted molar refractivity (Wildman–Crippen MR) is 61.8 cm³/mol. The van der Waals surface area contributed by atoms with E-state index in [0.717, 1.165) is 0 Å². The molecule has 0 unspecified atom stereocenters. The number of amides is 1. The summed E-state index contributed by atoms with van der Waals surface area (Å²) in [7, 11) is 3.15. The maximum atomic E-state index is 11.7. The number of carbonyl (C=O) groups is 2. The Balaban J connectivity index is 3.97. The first kappa shape index (κ1) is 16.0. The largest absolute Gasteiger partial charge is 0.383 e. The zero-order chi connectivity index (χ0) is 13.1. The summed E-state index contributed by atoms with van der Waals surface area (Å²) >= 11 is 0. The summed E-state index contributed by atoms with van der Waals surface area (Å²) in [5.41, 5.74) is 0. The average molecular weight is 247 g/mol. The van der Waals surface area contributed by atoms with E-state index in [4.69, 9.17) is 14.2 Å². The Bertz CT molecular complexity index is 224. The van der Waals surface area contributed by atoms with Gasteiger partial charge in [-0.15, -0.1) is 0 Å². The van der Waals surface area contributed by atoms with Crippen LogP contribution in [0.25, 0.3) is 0 Å². The fourth-order valence-electron chi connectivity index (χ4n) is 1.14. The van der Waals surface area contributed by atoms with Gasteiger partial charge in [-0.3, -0.25) is 9.59 Å². The summed E-state index contributed by atoms with van der Waals surface area (Å²) in [6.07, 6.45) is 0. The van der Waals surface area contributed by atoms with Crippen LogP contribution >= 0.6 is 0 Å². The van der Waals surface area contributed by atoms with Crippen LogP contribution in [0.5, 0.6) is 0 Å². The molecule has 0 saturated carbocycles. The van der Waals surface area contributed by atoms with Crippen molar-refractivity contribution in [3.63, 3.8) is 0 Å². The van der Waals surface area contributed by atoms with E-state index in [1.165, 1.54) is 6.92 Å². The fraction of sp³-hybridized carbons (Fsp3) is 0.818. The lowest BCUT2D eigenvalue weighted by molar-refractivity contribution is -0.138. The lowest BCUT2D eigenvalue weighted by Crippen LogP contribution is -2.39. The van der Waals surface area contributed by atoms with E-state index in [1.807, 2.05) is 0 Å². The van der Waals surface area contributed by atoms with Gasteiger partial charge in [-0.1, -0.05) is 0 Å². The minimum Gasteiger partial charge on any atom is -0.383 e. The number of nitrogens with zero attached hydrogens (tertiary/aromatic N) is 1. The van der Waals surface area contributed by atoms with E-state index in [1.54, 1.807) is 19.1 Å². The van der Waals surface area contributed by atoms with Crippen LogP contribution in [-0.2, 0) is 23.8 Å². The van der Waals surface area contributed by atoms with E-state index < -0.39 is 0 Å². The van der Waals surface area contributed by atoms with Crippen LogP contribution in [0.1, 0.15) is 6.92 Å². The molecular formula is C11H21NO5. The van der Waals surface area contributed by atoms with Gasteiger partial charge < -0.3 is 19.1 Å². The van der Waals surface area contributed by atoms with Crippen LogP contribution in [-0.4, -0.2) is 70.3 Å². The van der Waals surface area contributed by atoms with E-state index in [2.05, 4.69) is 0 Å². The van der Waals surface area contributed by atoms with Crippen molar-refractivity contribution < 1.29 is 23.8 Å². The van der Waals surface area contributed by atoms with Gasteiger partial charge in [-0.2, -0.15) is 0 Å². The van der Waals surface area contributed by atoms with Crippen molar-refractivity contribution in [2.24, 2.45) is 0 Å². The summed E-state index contributed by atoms with van der Waals surface area (Å²) < 4.78 is 14.8. The SMILES string of the molecule is COCCN(CCOC)C(=O)COCC(C)=O. The van der Waals surface area contributed by atoms with Crippen LogP contribution in [0.15, 0.2) is 0 Å². The zero-order valence-corrected chi connectivity index (χ0v) is 10.7. The summed E-state index contributed by atoms with van der Waals surface area (Å²) in [6.45, 7) is 3.19. The first-order chi connectivity index (χ1) is 8.11. The van der Waals surface area contributed by atoms with Crippen molar-refractivity contribution in [2.45, 2.75) is 6.92 Å². The molecular weight excluding hydrogens is 226 g/mol. The van der Waals surface area contributed by atoms with Crippen molar-refractivity contribution in [2.75, 3.05) is 53.7 Å². The minimum atomic E-state index is -0.166. The standard InChI is InChI=1S/C11H21NO5/c1-10(13)8-17-9-11(14)12(4-6-15-2)5-7-16-3/h4-9H2,1-3H3. The van der Waals surface area contributed by atoms with Gasteiger partial charge in [0.15, 0.2) is 5.78 Å². The lowest BCUT2D eigenvalue weighted by atomic mass is 10.4. The topological polar surface area (TPSA) is 65.1 Å². The molecule has 0 heterocycles. The summed E-state index contributed by atoms with van der Waals surface area (Å²) in [5.74, 6) is -0.265. The lowest BCUT2D eigenvalue weighted by Gasteiger charge is -2.21. The molecule has 17 heavy (non-hydrogen) atoms. The molecule has 0 aliphatic rings. The van der Waals surface area contributed by atoms with Gasteiger partial charge >= 0.3 is 0 Å². The third-order valence-corrected chi connectivity index (χ3v) is 2.01. The number of carbonyl (C=O) groups excluding carboxylic acids is 2. The Morgan fingerprint density at radius 2 is 1.53 bits per heavy atom. The van der Waals surface area contributed by atoms with Crippen LogP contribution < -0.4 is 0 Å². The molecule has 0 aliphatic carbocycles. The predicted octanol–water partition coefficient (Wildman–Crippen LogP) is -0.287. The number of hydrogen-bond donors (Lipinski definition) is 0.